The molecule has 66 valence electrons. The van der Waals surface area contributed by atoms with E-state index in [1.807, 2.05) is 0 Å². The molecule has 1 aromatic heterocycles. The van der Waals surface area contributed by atoms with E-state index in [4.69, 9.17) is 15.6 Å². The van der Waals surface area contributed by atoms with E-state index in [-0.39, 0.29) is 6.61 Å². The highest BCUT2D eigenvalue weighted by Gasteiger charge is 1.94. The second-order valence-electron chi connectivity index (χ2n) is 2.22. The summed E-state index contributed by atoms with van der Waals surface area (Å²) in [6.45, 7) is 0.553. The largest absolute Gasteiger partial charge is 0.477 e. The zero-order valence-corrected chi connectivity index (χ0v) is 6.60. The van der Waals surface area contributed by atoms with E-state index in [1.54, 1.807) is 12.1 Å². The van der Waals surface area contributed by atoms with Gasteiger partial charge in [0.05, 0.1) is 6.61 Å². The van der Waals surface area contributed by atoms with Crippen molar-refractivity contribution in [2.45, 2.75) is 6.42 Å². The maximum Gasteiger partial charge on any atom is 0.233 e. The number of hydrogen-bond acceptors (Lipinski definition) is 5. The van der Waals surface area contributed by atoms with Crippen LogP contribution in [0.4, 0.5) is 5.82 Å². The van der Waals surface area contributed by atoms with Crippen LogP contribution in [0.1, 0.15) is 6.42 Å². The van der Waals surface area contributed by atoms with Crippen molar-refractivity contribution >= 4 is 5.82 Å². The molecule has 1 heterocycles. The molecule has 0 radical (unpaired) electrons. The van der Waals surface area contributed by atoms with Crippen LogP contribution < -0.4 is 10.5 Å². The zero-order valence-electron chi connectivity index (χ0n) is 6.60. The molecule has 3 N–H and O–H groups in total. The SMILES string of the molecule is Nc1ccc(OCCCO)nn1. The lowest BCUT2D eigenvalue weighted by Crippen LogP contribution is -2.02. The maximum atomic E-state index is 8.45. The average Bonchev–Trinajstić information content (AvgIpc) is 2.09. The Balaban J connectivity index is 2.37. The van der Waals surface area contributed by atoms with E-state index in [9.17, 15) is 0 Å². The van der Waals surface area contributed by atoms with Crippen LogP contribution in [0.5, 0.6) is 5.88 Å². The molecule has 0 saturated heterocycles. The van der Waals surface area contributed by atoms with Gasteiger partial charge >= 0.3 is 0 Å². The fourth-order valence-electron chi connectivity index (χ4n) is 0.649. The molecule has 0 aromatic carbocycles. The summed E-state index contributed by atoms with van der Waals surface area (Å²) in [7, 11) is 0. The molecule has 0 aliphatic heterocycles. The van der Waals surface area contributed by atoms with Gasteiger partial charge in [-0.25, -0.2) is 0 Å². The molecular weight excluding hydrogens is 158 g/mol. The van der Waals surface area contributed by atoms with Crippen LogP contribution in [-0.4, -0.2) is 28.5 Å². The molecule has 1 aromatic rings. The number of ether oxygens (including phenoxy) is 1. The highest BCUT2D eigenvalue weighted by Crippen LogP contribution is 2.05. The summed E-state index contributed by atoms with van der Waals surface area (Å²) in [6.07, 6.45) is 0.589. The van der Waals surface area contributed by atoms with Gasteiger partial charge in [0.1, 0.15) is 5.82 Å². The van der Waals surface area contributed by atoms with Crippen LogP contribution in [0.15, 0.2) is 12.1 Å². The number of aliphatic hydroxyl groups is 1. The van der Waals surface area contributed by atoms with Gasteiger partial charge in [-0.2, -0.15) is 0 Å². The smallest absolute Gasteiger partial charge is 0.233 e. The molecule has 0 atom stereocenters. The first-order chi connectivity index (χ1) is 5.83. The van der Waals surface area contributed by atoms with E-state index >= 15 is 0 Å². The number of hydrogen-bond donors (Lipinski definition) is 2. The van der Waals surface area contributed by atoms with Crippen molar-refractivity contribution in [1.29, 1.82) is 0 Å². The Bertz CT molecular complexity index is 225. The van der Waals surface area contributed by atoms with Gasteiger partial charge in [-0.3, -0.25) is 0 Å². The first-order valence-electron chi connectivity index (χ1n) is 3.66. The average molecular weight is 169 g/mol. The lowest BCUT2D eigenvalue weighted by Gasteiger charge is -2.01. The molecule has 0 spiro atoms. The Kier molecular flexibility index (Phi) is 3.28. The molecule has 1 rings (SSSR count). The monoisotopic (exact) mass is 169 g/mol. The van der Waals surface area contributed by atoms with E-state index < -0.39 is 0 Å². The number of anilines is 1. The van der Waals surface area contributed by atoms with Crippen molar-refractivity contribution in [2.24, 2.45) is 0 Å². The molecule has 0 aliphatic rings. The Morgan fingerprint density at radius 1 is 1.42 bits per heavy atom. The van der Waals surface area contributed by atoms with Gasteiger partial charge in [0.15, 0.2) is 0 Å². The fourth-order valence-corrected chi connectivity index (χ4v) is 0.649. The number of rotatable bonds is 4. The summed E-state index contributed by atoms with van der Waals surface area (Å²) in [5.74, 6) is 0.794. The minimum atomic E-state index is 0.113. The van der Waals surface area contributed by atoms with Crippen LogP contribution in [0.3, 0.4) is 0 Å². The predicted molar refractivity (Wildman–Crippen MR) is 43.6 cm³/mol. The van der Waals surface area contributed by atoms with Crippen molar-refractivity contribution in [3.05, 3.63) is 12.1 Å². The zero-order chi connectivity index (χ0) is 8.81. The molecule has 0 amide bonds. The van der Waals surface area contributed by atoms with Gasteiger partial charge in [0.2, 0.25) is 5.88 Å². The van der Waals surface area contributed by atoms with Crippen molar-refractivity contribution < 1.29 is 9.84 Å². The van der Waals surface area contributed by atoms with Gasteiger partial charge in [-0.05, 0) is 6.07 Å². The summed E-state index contributed by atoms with van der Waals surface area (Å²) >= 11 is 0. The Labute approximate surface area is 70.2 Å². The molecule has 0 unspecified atom stereocenters. The van der Waals surface area contributed by atoms with E-state index in [2.05, 4.69) is 10.2 Å². The second kappa shape index (κ2) is 4.50. The molecule has 0 aliphatic carbocycles. The quantitative estimate of drug-likeness (QED) is 0.611. The van der Waals surface area contributed by atoms with Crippen molar-refractivity contribution in [1.82, 2.24) is 10.2 Å². The van der Waals surface area contributed by atoms with Gasteiger partial charge in [-0.15, -0.1) is 10.2 Å². The number of aliphatic hydroxyl groups excluding tert-OH is 1. The highest BCUT2D eigenvalue weighted by molar-refractivity contribution is 5.27. The minimum absolute atomic E-state index is 0.113. The van der Waals surface area contributed by atoms with Gasteiger partial charge in [0.25, 0.3) is 0 Å². The van der Waals surface area contributed by atoms with E-state index in [0.717, 1.165) is 0 Å². The van der Waals surface area contributed by atoms with Gasteiger partial charge < -0.3 is 15.6 Å². The van der Waals surface area contributed by atoms with E-state index in [1.165, 1.54) is 0 Å². The van der Waals surface area contributed by atoms with Crippen LogP contribution in [0, 0.1) is 0 Å². The summed E-state index contributed by atoms with van der Waals surface area (Å²) in [4.78, 5) is 0. The van der Waals surface area contributed by atoms with Crippen molar-refractivity contribution in [3.8, 4) is 5.88 Å². The van der Waals surface area contributed by atoms with Crippen LogP contribution in [0.25, 0.3) is 0 Å². The lowest BCUT2D eigenvalue weighted by molar-refractivity contribution is 0.228. The molecule has 0 bridgehead atoms. The Morgan fingerprint density at radius 2 is 2.25 bits per heavy atom. The van der Waals surface area contributed by atoms with Crippen molar-refractivity contribution in [3.63, 3.8) is 0 Å². The molecule has 5 heteroatoms. The van der Waals surface area contributed by atoms with Crippen LogP contribution in [0.2, 0.25) is 0 Å². The summed E-state index contributed by atoms with van der Waals surface area (Å²) in [5, 5.41) is 15.7. The third-order valence-corrected chi connectivity index (χ3v) is 1.21. The van der Waals surface area contributed by atoms with Gasteiger partial charge in [-0.1, -0.05) is 0 Å². The number of nitrogen functional groups attached to an aromatic ring is 1. The van der Waals surface area contributed by atoms with E-state index in [0.29, 0.717) is 24.7 Å². The minimum Gasteiger partial charge on any atom is -0.477 e. The topological polar surface area (TPSA) is 81.3 Å². The number of nitrogens with two attached hydrogens (primary N) is 1. The fraction of sp³-hybridized carbons (Fsp3) is 0.429. The van der Waals surface area contributed by atoms with Gasteiger partial charge in [0, 0.05) is 19.1 Å². The standard InChI is InChI=1S/C7H11N3O2/c8-6-2-3-7(10-9-6)12-5-1-4-11/h2-3,11H,1,4-5H2,(H2,8,9). The summed E-state index contributed by atoms with van der Waals surface area (Å²) < 4.78 is 5.11. The molecule has 0 fully saturated rings. The summed E-state index contributed by atoms with van der Waals surface area (Å²) in [5.41, 5.74) is 5.31. The van der Waals surface area contributed by atoms with Crippen LogP contribution >= 0.6 is 0 Å². The molecule has 12 heavy (non-hydrogen) atoms. The predicted octanol–water partition coefficient (Wildman–Crippen LogP) is -0.180. The number of aromatic nitrogens is 2. The third kappa shape index (κ3) is 2.71. The van der Waals surface area contributed by atoms with Crippen molar-refractivity contribution in [2.75, 3.05) is 18.9 Å². The third-order valence-electron chi connectivity index (χ3n) is 1.21. The first-order valence-corrected chi connectivity index (χ1v) is 3.66. The molecule has 5 nitrogen and oxygen atoms in total. The highest BCUT2D eigenvalue weighted by atomic mass is 16.5. The normalized spacial score (nSPS) is 9.75. The maximum absolute atomic E-state index is 8.45. The lowest BCUT2D eigenvalue weighted by atomic mass is 10.5. The summed E-state index contributed by atoms with van der Waals surface area (Å²) in [6, 6.07) is 3.25. The second-order valence-corrected chi connectivity index (χ2v) is 2.22. The first kappa shape index (κ1) is 8.73. The Morgan fingerprint density at radius 3 is 2.83 bits per heavy atom. The molecular formula is C7H11N3O2. The Hall–Kier alpha value is -1.36. The number of nitrogens with zero attached hydrogens (tertiary/aromatic N) is 2. The molecule has 0 saturated carbocycles. The van der Waals surface area contributed by atoms with Crippen LogP contribution in [-0.2, 0) is 0 Å².